The molecule has 0 radical (unpaired) electrons. The van der Waals surface area contributed by atoms with E-state index in [1.807, 2.05) is 6.07 Å². The normalized spacial score (nSPS) is 22.6. The molecule has 0 amide bonds. The van der Waals surface area contributed by atoms with Gasteiger partial charge in [0.1, 0.15) is 5.75 Å². The fourth-order valence-electron chi connectivity index (χ4n) is 3.95. The molecule has 3 rings (SSSR count). The highest BCUT2D eigenvalue weighted by molar-refractivity contribution is 5.48. The smallest absolute Gasteiger partial charge is 0.120 e. The highest BCUT2D eigenvalue weighted by atomic mass is 16.5. The summed E-state index contributed by atoms with van der Waals surface area (Å²) in [4.78, 5) is 0. The molecule has 2 heteroatoms. The van der Waals surface area contributed by atoms with E-state index in [1.165, 1.54) is 57.1 Å². The standard InChI is InChI=1S/C17H25NO/c1-19-16-6-4-5-15(13-16)18-14-7-11-17(12-8-14)9-2-3-10-17/h4-6,13-14,18H,2-3,7-12H2,1H3. The quantitative estimate of drug-likeness (QED) is 0.856. The second-order valence-corrected chi connectivity index (χ2v) is 6.36. The van der Waals surface area contributed by atoms with Crippen molar-refractivity contribution in [2.45, 2.75) is 57.4 Å². The van der Waals surface area contributed by atoms with Gasteiger partial charge in [0.25, 0.3) is 0 Å². The number of nitrogens with one attached hydrogen (secondary N) is 1. The van der Waals surface area contributed by atoms with Crippen LogP contribution in [-0.4, -0.2) is 13.2 Å². The van der Waals surface area contributed by atoms with E-state index in [9.17, 15) is 0 Å². The van der Waals surface area contributed by atoms with Crippen LogP contribution in [0.3, 0.4) is 0 Å². The van der Waals surface area contributed by atoms with E-state index >= 15 is 0 Å². The molecule has 2 aliphatic carbocycles. The van der Waals surface area contributed by atoms with Gasteiger partial charge in [-0.15, -0.1) is 0 Å². The van der Waals surface area contributed by atoms with E-state index in [0.717, 1.165) is 11.2 Å². The summed E-state index contributed by atoms with van der Waals surface area (Å²) in [7, 11) is 1.73. The molecule has 0 unspecified atom stereocenters. The Labute approximate surface area is 116 Å². The summed E-state index contributed by atoms with van der Waals surface area (Å²) < 4.78 is 5.28. The number of methoxy groups -OCH3 is 1. The maximum atomic E-state index is 5.28. The van der Waals surface area contributed by atoms with Crippen LogP contribution in [0.15, 0.2) is 24.3 Å². The van der Waals surface area contributed by atoms with E-state index < -0.39 is 0 Å². The van der Waals surface area contributed by atoms with Crippen molar-refractivity contribution in [1.29, 1.82) is 0 Å². The Morgan fingerprint density at radius 1 is 1.11 bits per heavy atom. The molecule has 1 spiro atoms. The summed E-state index contributed by atoms with van der Waals surface area (Å²) in [5, 5.41) is 3.68. The van der Waals surface area contributed by atoms with Gasteiger partial charge in [-0.05, 0) is 56.1 Å². The molecule has 2 fully saturated rings. The molecule has 1 N–H and O–H groups in total. The largest absolute Gasteiger partial charge is 0.497 e. The topological polar surface area (TPSA) is 21.3 Å². The van der Waals surface area contributed by atoms with Crippen molar-refractivity contribution in [2.75, 3.05) is 12.4 Å². The lowest BCUT2D eigenvalue weighted by atomic mass is 9.71. The molecule has 0 saturated heterocycles. The molecule has 1 aromatic rings. The maximum absolute atomic E-state index is 5.28. The summed E-state index contributed by atoms with van der Waals surface area (Å²) >= 11 is 0. The van der Waals surface area contributed by atoms with Crippen molar-refractivity contribution in [3.05, 3.63) is 24.3 Å². The predicted octanol–water partition coefficient (Wildman–Crippen LogP) is 4.61. The number of rotatable bonds is 3. The van der Waals surface area contributed by atoms with Gasteiger partial charge < -0.3 is 10.1 Å². The number of anilines is 1. The number of benzene rings is 1. The Balaban J connectivity index is 1.56. The van der Waals surface area contributed by atoms with Crippen LogP contribution in [-0.2, 0) is 0 Å². The summed E-state index contributed by atoms with van der Waals surface area (Å²) in [6, 6.07) is 8.95. The summed E-state index contributed by atoms with van der Waals surface area (Å²) in [6.07, 6.45) is 11.4. The Bertz CT molecular complexity index is 413. The van der Waals surface area contributed by atoms with Crippen LogP contribution < -0.4 is 10.1 Å². The molecule has 1 aromatic carbocycles. The zero-order valence-corrected chi connectivity index (χ0v) is 12.0. The highest BCUT2D eigenvalue weighted by Gasteiger charge is 2.37. The molecule has 0 aliphatic heterocycles. The van der Waals surface area contributed by atoms with Gasteiger partial charge in [-0.25, -0.2) is 0 Å². The molecule has 0 atom stereocenters. The first kappa shape index (κ1) is 12.8. The number of hydrogen-bond acceptors (Lipinski definition) is 2. The van der Waals surface area contributed by atoms with Crippen molar-refractivity contribution in [1.82, 2.24) is 0 Å². The summed E-state index contributed by atoms with van der Waals surface area (Å²) in [6.45, 7) is 0. The van der Waals surface area contributed by atoms with Gasteiger partial charge in [0.05, 0.1) is 7.11 Å². The van der Waals surface area contributed by atoms with Gasteiger partial charge in [-0.1, -0.05) is 18.9 Å². The fourth-order valence-corrected chi connectivity index (χ4v) is 3.95. The van der Waals surface area contributed by atoms with E-state index in [0.29, 0.717) is 6.04 Å². The van der Waals surface area contributed by atoms with Gasteiger partial charge >= 0.3 is 0 Å². The minimum absolute atomic E-state index is 0.651. The number of hydrogen-bond donors (Lipinski definition) is 1. The second kappa shape index (κ2) is 5.44. The van der Waals surface area contributed by atoms with E-state index in [1.54, 1.807) is 7.11 Å². The van der Waals surface area contributed by atoms with Gasteiger partial charge in [-0.2, -0.15) is 0 Å². The average molecular weight is 259 g/mol. The van der Waals surface area contributed by atoms with Crippen LogP contribution in [0.4, 0.5) is 5.69 Å². The Morgan fingerprint density at radius 3 is 2.53 bits per heavy atom. The van der Waals surface area contributed by atoms with Crippen molar-refractivity contribution in [3.63, 3.8) is 0 Å². The van der Waals surface area contributed by atoms with Crippen LogP contribution in [0.1, 0.15) is 51.4 Å². The van der Waals surface area contributed by atoms with Gasteiger partial charge in [0.15, 0.2) is 0 Å². The van der Waals surface area contributed by atoms with Crippen LogP contribution in [0.25, 0.3) is 0 Å². The van der Waals surface area contributed by atoms with E-state index in [-0.39, 0.29) is 0 Å². The van der Waals surface area contributed by atoms with Crippen LogP contribution >= 0.6 is 0 Å². The molecular formula is C17H25NO. The Morgan fingerprint density at radius 2 is 1.84 bits per heavy atom. The molecule has 0 bridgehead atoms. The van der Waals surface area contributed by atoms with Crippen molar-refractivity contribution < 1.29 is 4.74 Å². The third kappa shape index (κ3) is 2.88. The number of ether oxygens (including phenoxy) is 1. The zero-order valence-electron chi connectivity index (χ0n) is 12.0. The predicted molar refractivity (Wildman–Crippen MR) is 79.8 cm³/mol. The van der Waals surface area contributed by atoms with Crippen molar-refractivity contribution >= 4 is 5.69 Å². The Hall–Kier alpha value is -1.18. The van der Waals surface area contributed by atoms with Crippen LogP contribution in [0, 0.1) is 5.41 Å². The Kier molecular flexibility index (Phi) is 3.67. The SMILES string of the molecule is COc1cccc(NC2CCC3(CCCC3)CC2)c1. The lowest BCUT2D eigenvalue weighted by Gasteiger charge is -2.37. The fraction of sp³-hybridized carbons (Fsp3) is 0.647. The second-order valence-electron chi connectivity index (χ2n) is 6.36. The minimum atomic E-state index is 0.651. The monoisotopic (exact) mass is 259 g/mol. The first-order chi connectivity index (χ1) is 9.30. The van der Waals surface area contributed by atoms with Gasteiger partial charge in [-0.3, -0.25) is 0 Å². The van der Waals surface area contributed by atoms with Crippen molar-refractivity contribution in [3.8, 4) is 5.75 Å². The molecule has 2 saturated carbocycles. The molecule has 2 aliphatic rings. The molecule has 19 heavy (non-hydrogen) atoms. The third-order valence-corrected chi connectivity index (χ3v) is 5.15. The lowest BCUT2D eigenvalue weighted by Crippen LogP contribution is -2.31. The van der Waals surface area contributed by atoms with E-state index in [4.69, 9.17) is 4.74 Å². The van der Waals surface area contributed by atoms with Gasteiger partial charge in [0.2, 0.25) is 0 Å². The van der Waals surface area contributed by atoms with Gasteiger partial charge in [0, 0.05) is 17.8 Å². The highest BCUT2D eigenvalue weighted by Crippen LogP contribution is 2.49. The first-order valence-corrected chi connectivity index (χ1v) is 7.70. The molecule has 0 aromatic heterocycles. The first-order valence-electron chi connectivity index (χ1n) is 7.70. The molecule has 104 valence electrons. The summed E-state index contributed by atoms with van der Waals surface area (Å²) in [5.74, 6) is 0.938. The van der Waals surface area contributed by atoms with E-state index in [2.05, 4.69) is 23.5 Å². The molecular weight excluding hydrogens is 234 g/mol. The maximum Gasteiger partial charge on any atom is 0.120 e. The zero-order chi connectivity index (χ0) is 13.1. The third-order valence-electron chi connectivity index (χ3n) is 5.15. The van der Waals surface area contributed by atoms with Crippen LogP contribution in [0.5, 0.6) is 5.75 Å². The lowest BCUT2D eigenvalue weighted by molar-refractivity contribution is 0.188. The van der Waals surface area contributed by atoms with Crippen molar-refractivity contribution in [2.24, 2.45) is 5.41 Å². The average Bonchev–Trinajstić information content (AvgIpc) is 2.90. The molecule has 2 nitrogen and oxygen atoms in total. The minimum Gasteiger partial charge on any atom is -0.497 e. The summed E-state index contributed by atoms with van der Waals surface area (Å²) in [5.41, 5.74) is 1.93. The molecule has 0 heterocycles. The van der Waals surface area contributed by atoms with Crippen LogP contribution in [0.2, 0.25) is 0 Å².